The van der Waals surface area contributed by atoms with Gasteiger partial charge in [0.2, 0.25) is 5.91 Å². The number of nitrogens with zero attached hydrogens (tertiary/aromatic N) is 4. The van der Waals surface area contributed by atoms with Gasteiger partial charge < -0.3 is 19.7 Å². The Morgan fingerprint density at radius 1 is 1.17 bits per heavy atom. The highest BCUT2D eigenvalue weighted by Gasteiger charge is 2.53. The van der Waals surface area contributed by atoms with E-state index < -0.39 is 11.6 Å². The van der Waals surface area contributed by atoms with Crippen molar-refractivity contribution in [3.63, 3.8) is 0 Å². The van der Waals surface area contributed by atoms with Crippen LogP contribution in [0.5, 0.6) is 11.5 Å². The summed E-state index contributed by atoms with van der Waals surface area (Å²) in [4.78, 5) is 42.2. The molecule has 0 unspecified atom stereocenters. The maximum Gasteiger partial charge on any atom is 0.325 e. The number of nitrogens with one attached hydrogen (secondary N) is 1. The monoisotopic (exact) mass is 483 g/mol. The van der Waals surface area contributed by atoms with Gasteiger partial charge in [-0.25, -0.2) is 4.79 Å². The highest BCUT2D eigenvalue weighted by molar-refractivity contribution is 6.07. The average Bonchev–Trinajstić information content (AvgIpc) is 3.28. The zero-order valence-electron chi connectivity index (χ0n) is 21.0. The van der Waals surface area contributed by atoms with Crippen molar-refractivity contribution in [2.75, 3.05) is 27.3 Å². The Bertz CT molecular complexity index is 1140. The van der Waals surface area contributed by atoms with E-state index in [4.69, 9.17) is 9.47 Å². The van der Waals surface area contributed by atoms with Gasteiger partial charge in [0.15, 0.2) is 11.5 Å². The second-order valence-corrected chi connectivity index (χ2v) is 9.42. The third kappa shape index (κ3) is 4.56. The predicted octanol–water partition coefficient (Wildman–Crippen LogP) is 2.27. The number of hydrogen-bond acceptors (Lipinski definition) is 6. The first-order chi connectivity index (χ1) is 16.7. The summed E-state index contributed by atoms with van der Waals surface area (Å²) in [7, 11) is 3.07. The number of likely N-dealkylation sites (tertiary alicyclic amines) is 1. The van der Waals surface area contributed by atoms with Crippen LogP contribution in [0.4, 0.5) is 4.79 Å². The van der Waals surface area contributed by atoms with Crippen LogP contribution in [0, 0.1) is 19.8 Å². The first-order valence-corrected chi connectivity index (χ1v) is 11.8. The number of piperidine rings is 1. The molecule has 2 aliphatic rings. The van der Waals surface area contributed by atoms with E-state index in [1.165, 1.54) is 12.0 Å². The van der Waals surface area contributed by atoms with Gasteiger partial charge in [-0.15, -0.1) is 0 Å². The van der Waals surface area contributed by atoms with E-state index in [-0.39, 0.29) is 30.8 Å². The number of carbonyl (C=O) groups is 3. The fraction of sp³-hybridized carbons (Fsp3) is 0.520. The molecule has 1 N–H and O–H groups in total. The zero-order chi connectivity index (χ0) is 25.3. The lowest BCUT2D eigenvalue weighted by Gasteiger charge is -2.39. The number of aryl methyl sites for hydroxylation is 2. The molecule has 0 spiro atoms. The van der Waals surface area contributed by atoms with Crippen molar-refractivity contribution in [2.24, 2.45) is 5.92 Å². The van der Waals surface area contributed by atoms with Crippen molar-refractivity contribution in [1.29, 1.82) is 0 Å². The molecule has 1 aromatic carbocycles. The fourth-order valence-corrected chi connectivity index (χ4v) is 5.15. The number of imide groups is 1. The second kappa shape index (κ2) is 9.59. The molecule has 10 nitrogen and oxygen atoms in total. The van der Waals surface area contributed by atoms with Crippen molar-refractivity contribution in [1.82, 2.24) is 24.9 Å². The Hall–Kier alpha value is -3.56. The smallest absolute Gasteiger partial charge is 0.325 e. The molecular formula is C25H33N5O5. The van der Waals surface area contributed by atoms with Crippen LogP contribution in [0.3, 0.4) is 0 Å². The minimum Gasteiger partial charge on any atom is -0.493 e. The normalized spacial score (nSPS) is 20.8. The van der Waals surface area contributed by atoms with E-state index in [1.54, 1.807) is 30.8 Å². The lowest BCUT2D eigenvalue weighted by Crippen LogP contribution is -2.54. The minimum absolute atomic E-state index is 0.00772. The summed E-state index contributed by atoms with van der Waals surface area (Å²) in [5.41, 5.74) is 1.50. The Morgan fingerprint density at radius 2 is 1.89 bits per heavy atom. The van der Waals surface area contributed by atoms with E-state index >= 15 is 0 Å². The SMILES string of the molecule is COc1cccc(CN2C(=O)N[C@](C)(C3CCN(C(=O)Cn4nc(C)cc4C)CC3)C2=O)c1OC. The van der Waals surface area contributed by atoms with Gasteiger partial charge in [-0.2, -0.15) is 5.10 Å². The van der Waals surface area contributed by atoms with E-state index in [9.17, 15) is 14.4 Å². The second-order valence-electron chi connectivity index (χ2n) is 9.42. The first kappa shape index (κ1) is 24.6. The molecule has 3 heterocycles. The molecule has 0 aliphatic carbocycles. The molecule has 10 heteroatoms. The molecule has 2 aromatic rings. The van der Waals surface area contributed by atoms with Gasteiger partial charge in [-0.1, -0.05) is 12.1 Å². The number of rotatable bonds is 7. The Morgan fingerprint density at radius 3 is 2.49 bits per heavy atom. The van der Waals surface area contributed by atoms with Gasteiger partial charge in [0, 0.05) is 24.3 Å². The number of benzene rings is 1. The van der Waals surface area contributed by atoms with Crippen molar-refractivity contribution in [3.05, 3.63) is 41.2 Å². The van der Waals surface area contributed by atoms with Gasteiger partial charge in [-0.05, 0) is 51.7 Å². The van der Waals surface area contributed by atoms with Crippen LogP contribution >= 0.6 is 0 Å². The lowest BCUT2D eigenvalue weighted by atomic mass is 9.79. The molecule has 0 radical (unpaired) electrons. The number of para-hydroxylation sites is 1. The zero-order valence-corrected chi connectivity index (χ0v) is 21.0. The molecule has 1 atom stereocenters. The highest BCUT2D eigenvalue weighted by atomic mass is 16.5. The van der Waals surface area contributed by atoms with Crippen LogP contribution in [0.15, 0.2) is 24.3 Å². The van der Waals surface area contributed by atoms with Gasteiger partial charge >= 0.3 is 6.03 Å². The van der Waals surface area contributed by atoms with E-state index in [0.29, 0.717) is 43.0 Å². The van der Waals surface area contributed by atoms with Crippen molar-refractivity contribution in [2.45, 2.75) is 52.2 Å². The molecular weight excluding hydrogens is 450 g/mol. The number of amides is 4. The molecule has 2 fully saturated rings. The third-order valence-electron chi connectivity index (χ3n) is 7.17. The van der Waals surface area contributed by atoms with Crippen LogP contribution in [0.2, 0.25) is 0 Å². The van der Waals surface area contributed by atoms with Gasteiger partial charge in [0.25, 0.3) is 5.91 Å². The topological polar surface area (TPSA) is 106 Å². The molecule has 188 valence electrons. The Balaban J connectivity index is 1.41. The molecule has 2 aliphatic heterocycles. The number of hydrogen-bond donors (Lipinski definition) is 1. The van der Waals surface area contributed by atoms with Crippen LogP contribution in [-0.2, 0) is 22.7 Å². The first-order valence-electron chi connectivity index (χ1n) is 11.8. The molecule has 0 saturated carbocycles. The molecule has 0 bridgehead atoms. The Labute approximate surface area is 205 Å². The van der Waals surface area contributed by atoms with Crippen LogP contribution in [0.25, 0.3) is 0 Å². The number of urea groups is 1. The number of aromatic nitrogens is 2. The maximum absolute atomic E-state index is 13.5. The van der Waals surface area contributed by atoms with Gasteiger partial charge in [-0.3, -0.25) is 19.2 Å². The van der Waals surface area contributed by atoms with Crippen LogP contribution in [0.1, 0.15) is 36.7 Å². The van der Waals surface area contributed by atoms with Crippen molar-refractivity contribution in [3.8, 4) is 11.5 Å². The molecule has 35 heavy (non-hydrogen) atoms. The average molecular weight is 484 g/mol. The molecule has 4 amide bonds. The van der Waals surface area contributed by atoms with E-state index in [1.807, 2.05) is 30.9 Å². The summed E-state index contributed by atoms with van der Waals surface area (Å²) in [6.45, 7) is 6.97. The maximum atomic E-state index is 13.5. The van der Waals surface area contributed by atoms with Crippen molar-refractivity contribution < 1.29 is 23.9 Å². The standard InChI is InChI=1S/C25H33N5O5/c1-16-13-17(2)30(27-16)15-21(31)28-11-9-19(10-12-28)25(3)23(32)29(24(33)26-25)14-18-7-6-8-20(34-4)22(18)35-5/h6-8,13,19H,9-12,14-15H2,1-5H3,(H,26,33)/t25-/m1/s1. The fourth-order valence-electron chi connectivity index (χ4n) is 5.15. The Kier molecular flexibility index (Phi) is 6.73. The minimum atomic E-state index is -1.02. The van der Waals surface area contributed by atoms with Gasteiger partial charge in [0.05, 0.1) is 26.5 Å². The molecule has 4 rings (SSSR count). The highest BCUT2D eigenvalue weighted by Crippen LogP contribution is 2.36. The molecule has 1 aromatic heterocycles. The quantitative estimate of drug-likeness (QED) is 0.606. The molecule has 2 saturated heterocycles. The summed E-state index contributed by atoms with van der Waals surface area (Å²) in [5.74, 6) is 0.706. The number of methoxy groups -OCH3 is 2. The summed E-state index contributed by atoms with van der Waals surface area (Å²) >= 11 is 0. The summed E-state index contributed by atoms with van der Waals surface area (Å²) in [6.07, 6.45) is 1.25. The van der Waals surface area contributed by atoms with Crippen LogP contribution in [-0.4, -0.2) is 70.3 Å². The number of carbonyl (C=O) groups excluding carboxylic acids is 3. The van der Waals surface area contributed by atoms with Gasteiger partial charge in [0.1, 0.15) is 12.1 Å². The summed E-state index contributed by atoms with van der Waals surface area (Å²) in [5, 5.41) is 7.30. The van der Waals surface area contributed by atoms with Crippen molar-refractivity contribution >= 4 is 17.8 Å². The predicted molar refractivity (Wildman–Crippen MR) is 128 cm³/mol. The summed E-state index contributed by atoms with van der Waals surface area (Å²) in [6, 6.07) is 6.90. The number of ether oxygens (including phenoxy) is 2. The lowest BCUT2D eigenvalue weighted by molar-refractivity contribution is -0.136. The largest absolute Gasteiger partial charge is 0.493 e. The van der Waals surface area contributed by atoms with E-state index in [2.05, 4.69) is 10.4 Å². The third-order valence-corrected chi connectivity index (χ3v) is 7.17. The van der Waals surface area contributed by atoms with E-state index in [0.717, 1.165) is 11.4 Å². The van der Waals surface area contributed by atoms with Crippen LogP contribution < -0.4 is 14.8 Å². The summed E-state index contributed by atoms with van der Waals surface area (Å²) < 4.78 is 12.5.